The summed E-state index contributed by atoms with van der Waals surface area (Å²) in [6, 6.07) is 23.8. The van der Waals surface area contributed by atoms with Gasteiger partial charge in [-0.15, -0.1) is 6.42 Å². The maximum Gasteiger partial charge on any atom is 0.154 e. The molecule has 2 heterocycles. The van der Waals surface area contributed by atoms with Crippen molar-refractivity contribution < 1.29 is 4.74 Å². The van der Waals surface area contributed by atoms with E-state index in [0.717, 1.165) is 25.0 Å². The summed E-state index contributed by atoms with van der Waals surface area (Å²) in [7, 11) is 0. The van der Waals surface area contributed by atoms with Crippen LogP contribution in [0.25, 0.3) is 10.8 Å². The molecule has 2 nitrogen and oxygen atoms in total. The molecule has 128 valence electrons. The van der Waals surface area contributed by atoms with Gasteiger partial charge in [-0.2, -0.15) is 0 Å². The molecule has 0 unspecified atom stereocenters. The molecule has 0 radical (unpaired) electrons. The minimum Gasteiger partial charge on any atom is -0.475 e. The smallest absolute Gasteiger partial charge is 0.154 e. The maximum atomic E-state index is 6.46. The Morgan fingerprint density at radius 2 is 1.73 bits per heavy atom. The second-order valence-electron chi connectivity index (χ2n) is 7.14. The first kappa shape index (κ1) is 15.5. The predicted molar refractivity (Wildman–Crippen MR) is 105 cm³/mol. The zero-order valence-corrected chi connectivity index (χ0v) is 14.6. The highest BCUT2D eigenvalue weighted by atomic mass is 16.5. The third-order valence-corrected chi connectivity index (χ3v) is 5.69. The third kappa shape index (κ3) is 2.32. The van der Waals surface area contributed by atoms with Gasteiger partial charge in [-0.3, -0.25) is 0 Å². The minimum atomic E-state index is 0.0451. The molecule has 1 fully saturated rings. The van der Waals surface area contributed by atoms with Crippen LogP contribution in [0.5, 0.6) is 5.75 Å². The average molecular weight is 339 g/mol. The molecule has 0 bridgehead atoms. The Kier molecular flexibility index (Phi) is 3.69. The molecule has 0 saturated carbocycles. The Labute approximate surface area is 154 Å². The lowest BCUT2D eigenvalue weighted by atomic mass is 9.86. The third-order valence-electron chi connectivity index (χ3n) is 5.69. The van der Waals surface area contributed by atoms with E-state index in [0.29, 0.717) is 0 Å². The molecule has 3 aromatic carbocycles. The van der Waals surface area contributed by atoms with Gasteiger partial charge in [0, 0.05) is 5.56 Å². The molecule has 2 heteroatoms. The quantitative estimate of drug-likeness (QED) is 0.570. The Morgan fingerprint density at radius 1 is 0.923 bits per heavy atom. The summed E-state index contributed by atoms with van der Waals surface area (Å²) in [5.74, 6) is 4.02. The van der Waals surface area contributed by atoms with Gasteiger partial charge in [0.25, 0.3) is 0 Å². The van der Waals surface area contributed by atoms with Gasteiger partial charge in [0.1, 0.15) is 5.75 Å². The van der Waals surface area contributed by atoms with Gasteiger partial charge in [0.15, 0.2) is 6.23 Å². The van der Waals surface area contributed by atoms with Crippen molar-refractivity contribution in [1.82, 2.24) is 4.90 Å². The Hall–Kier alpha value is -2.76. The number of piperidine rings is 1. The van der Waals surface area contributed by atoms with Gasteiger partial charge >= 0.3 is 0 Å². The van der Waals surface area contributed by atoms with E-state index in [1.165, 1.54) is 21.9 Å². The zero-order chi connectivity index (χ0) is 17.5. The van der Waals surface area contributed by atoms with Crippen LogP contribution in [0, 0.1) is 12.3 Å². The van der Waals surface area contributed by atoms with E-state index in [2.05, 4.69) is 77.6 Å². The van der Waals surface area contributed by atoms with E-state index >= 15 is 0 Å². The number of fused-ring (bicyclic) bond motifs is 4. The van der Waals surface area contributed by atoms with Crippen LogP contribution in [-0.2, 0) is 0 Å². The minimum absolute atomic E-state index is 0.0451. The number of ether oxygens (including phenoxy) is 1. The summed E-state index contributed by atoms with van der Waals surface area (Å²) in [5.41, 5.74) is 2.52. The fraction of sp³-hybridized carbons (Fsp3) is 0.250. The highest BCUT2D eigenvalue weighted by Crippen LogP contribution is 2.47. The molecule has 0 amide bonds. The van der Waals surface area contributed by atoms with E-state index in [4.69, 9.17) is 11.2 Å². The van der Waals surface area contributed by atoms with E-state index in [1.54, 1.807) is 0 Å². The predicted octanol–water partition coefficient (Wildman–Crippen LogP) is 5.14. The van der Waals surface area contributed by atoms with Crippen LogP contribution >= 0.6 is 0 Å². The fourth-order valence-corrected chi connectivity index (χ4v) is 4.55. The highest BCUT2D eigenvalue weighted by Gasteiger charge is 2.42. The van der Waals surface area contributed by atoms with E-state index in [-0.39, 0.29) is 18.3 Å². The maximum absolute atomic E-state index is 6.46. The molecule has 2 aliphatic rings. The molecule has 2 aliphatic heterocycles. The molecule has 5 rings (SSSR count). The molecule has 1 saturated heterocycles. The Bertz CT molecular complexity index is 988. The summed E-state index contributed by atoms with van der Waals surface area (Å²) in [6.45, 7) is 0. The molecule has 0 spiro atoms. The number of rotatable bonds is 1. The SMILES string of the molecule is C#C[C@H]1CCC[C@H]2Oc3ccc4ccccc4c3[C@H](c3ccccc3)N12. The number of terminal acetylenes is 1. The normalized spacial score (nSPS) is 25.0. The van der Waals surface area contributed by atoms with Crippen molar-refractivity contribution in [1.29, 1.82) is 0 Å². The molecule has 0 aromatic heterocycles. The van der Waals surface area contributed by atoms with Crippen LogP contribution in [-0.4, -0.2) is 17.2 Å². The van der Waals surface area contributed by atoms with Gasteiger partial charge in [0.2, 0.25) is 0 Å². The van der Waals surface area contributed by atoms with E-state index in [9.17, 15) is 0 Å². The van der Waals surface area contributed by atoms with Gasteiger partial charge < -0.3 is 4.74 Å². The first-order valence-corrected chi connectivity index (χ1v) is 9.33. The highest BCUT2D eigenvalue weighted by molar-refractivity contribution is 5.89. The van der Waals surface area contributed by atoms with E-state index in [1.807, 2.05) is 0 Å². The van der Waals surface area contributed by atoms with Crippen molar-refractivity contribution in [3.05, 3.63) is 77.9 Å². The van der Waals surface area contributed by atoms with Crippen molar-refractivity contribution in [3.8, 4) is 18.1 Å². The number of nitrogens with zero attached hydrogens (tertiary/aromatic N) is 1. The van der Waals surface area contributed by atoms with Crippen molar-refractivity contribution in [2.24, 2.45) is 0 Å². The van der Waals surface area contributed by atoms with Crippen molar-refractivity contribution >= 4 is 10.8 Å². The zero-order valence-electron chi connectivity index (χ0n) is 14.6. The largest absolute Gasteiger partial charge is 0.475 e. The van der Waals surface area contributed by atoms with Crippen molar-refractivity contribution in [3.63, 3.8) is 0 Å². The lowest BCUT2D eigenvalue weighted by molar-refractivity contribution is -0.0594. The van der Waals surface area contributed by atoms with Gasteiger partial charge in [-0.25, -0.2) is 4.90 Å². The van der Waals surface area contributed by atoms with E-state index < -0.39 is 0 Å². The summed E-state index contributed by atoms with van der Waals surface area (Å²) < 4.78 is 6.46. The second-order valence-corrected chi connectivity index (χ2v) is 7.14. The van der Waals surface area contributed by atoms with Crippen LogP contribution in [0.1, 0.15) is 36.4 Å². The van der Waals surface area contributed by atoms with Gasteiger partial charge in [-0.1, -0.05) is 66.6 Å². The van der Waals surface area contributed by atoms with Crippen molar-refractivity contribution in [2.75, 3.05) is 0 Å². The summed E-state index contributed by atoms with van der Waals surface area (Å²) in [4.78, 5) is 2.42. The number of benzene rings is 3. The lowest BCUT2D eigenvalue weighted by Crippen LogP contribution is -2.53. The van der Waals surface area contributed by atoms with Gasteiger partial charge in [-0.05, 0) is 41.7 Å². The van der Waals surface area contributed by atoms with Crippen LogP contribution in [0.4, 0.5) is 0 Å². The van der Waals surface area contributed by atoms with Crippen LogP contribution < -0.4 is 4.74 Å². The van der Waals surface area contributed by atoms with Crippen LogP contribution in [0.3, 0.4) is 0 Å². The molecular weight excluding hydrogens is 318 g/mol. The Balaban J connectivity index is 1.79. The van der Waals surface area contributed by atoms with Crippen LogP contribution in [0.15, 0.2) is 66.7 Å². The molecule has 0 N–H and O–H groups in total. The molecule has 3 aromatic rings. The topological polar surface area (TPSA) is 12.5 Å². The summed E-state index contributed by atoms with van der Waals surface area (Å²) in [5, 5.41) is 2.49. The fourth-order valence-electron chi connectivity index (χ4n) is 4.55. The number of hydrogen-bond donors (Lipinski definition) is 0. The average Bonchev–Trinajstić information content (AvgIpc) is 2.72. The molecule has 26 heavy (non-hydrogen) atoms. The Morgan fingerprint density at radius 3 is 2.58 bits per heavy atom. The summed E-state index contributed by atoms with van der Waals surface area (Å²) in [6.07, 6.45) is 9.14. The number of hydrogen-bond acceptors (Lipinski definition) is 2. The second kappa shape index (κ2) is 6.20. The first-order chi connectivity index (χ1) is 12.9. The first-order valence-electron chi connectivity index (χ1n) is 9.33. The van der Waals surface area contributed by atoms with Gasteiger partial charge in [0.05, 0.1) is 12.1 Å². The molecular formula is C24H21NO. The molecule has 3 atom stereocenters. The lowest BCUT2D eigenvalue weighted by Gasteiger charge is -2.48. The standard InChI is InChI=1S/C24H21NO/c1-2-19-12-8-14-22-25(19)24(18-10-4-3-5-11-18)23-20-13-7-6-9-17(20)15-16-21(23)26-22/h1,3-7,9-11,13,15-16,19,22,24H,8,12,14H2/t19-,22+,24-/m0/s1. The summed E-state index contributed by atoms with van der Waals surface area (Å²) >= 11 is 0. The monoisotopic (exact) mass is 339 g/mol. The van der Waals surface area contributed by atoms with Crippen molar-refractivity contribution in [2.45, 2.75) is 37.6 Å². The molecule has 0 aliphatic carbocycles. The van der Waals surface area contributed by atoms with Crippen LogP contribution in [0.2, 0.25) is 0 Å².